The molecule has 0 atom stereocenters. The Kier molecular flexibility index (Phi) is 5.98. The number of nitrogens with two attached hydrogens (primary N) is 1. The number of benzene rings is 5. The summed E-state index contributed by atoms with van der Waals surface area (Å²) in [6.07, 6.45) is 4.14. The SMILES string of the molecule is CC1(C)CCC(C)(C)c2cc(-c3cc4c(cc3N)Cc3ccccc3-c3ccccc3Cc3ccccc3-4)ccc21. The summed E-state index contributed by atoms with van der Waals surface area (Å²) >= 11 is 0. The minimum absolute atomic E-state index is 0.152. The monoisotopic (exact) mass is 533 g/mol. The van der Waals surface area contributed by atoms with Gasteiger partial charge < -0.3 is 5.73 Å². The Morgan fingerprint density at radius 2 is 0.951 bits per heavy atom. The van der Waals surface area contributed by atoms with E-state index in [0.717, 1.165) is 24.1 Å². The van der Waals surface area contributed by atoms with E-state index in [4.69, 9.17) is 5.73 Å². The van der Waals surface area contributed by atoms with Gasteiger partial charge in [-0.1, -0.05) is 119 Å². The second kappa shape index (κ2) is 9.48. The van der Waals surface area contributed by atoms with Crippen molar-refractivity contribution in [3.8, 4) is 33.4 Å². The average Bonchev–Trinajstić information content (AvgIpc) is 2.97. The van der Waals surface area contributed by atoms with Gasteiger partial charge >= 0.3 is 0 Å². The van der Waals surface area contributed by atoms with E-state index in [9.17, 15) is 0 Å². The fraction of sp³-hybridized carbons (Fsp3) is 0.250. The van der Waals surface area contributed by atoms with Crippen LogP contribution in [0.4, 0.5) is 5.69 Å². The zero-order valence-corrected chi connectivity index (χ0v) is 24.7. The van der Waals surface area contributed by atoms with Crippen LogP contribution in [-0.2, 0) is 23.7 Å². The zero-order valence-electron chi connectivity index (χ0n) is 24.7. The molecule has 5 aromatic carbocycles. The summed E-state index contributed by atoms with van der Waals surface area (Å²) in [7, 11) is 0. The lowest BCUT2D eigenvalue weighted by Crippen LogP contribution is -2.33. The molecule has 0 saturated carbocycles. The summed E-state index contributed by atoms with van der Waals surface area (Å²) in [5.74, 6) is 0. The molecule has 5 aromatic rings. The third-order valence-electron chi connectivity index (χ3n) is 9.83. The molecule has 0 unspecified atom stereocenters. The van der Waals surface area contributed by atoms with Gasteiger partial charge in [0.2, 0.25) is 0 Å². The minimum Gasteiger partial charge on any atom is -0.398 e. The first-order chi connectivity index (χ1) is 19.7. The van der Waals surface area contributed by atoms with Crippen molar-refractivity contribution < 1.29 is 0 Å². The van der Waals surface area contributed by atoms with Gasteiger partial charge in [-0.2, -0.15) is 0 Å². The highest BCUT2D eigenvalue weighted by molar-refractivity contribution is 5.86. The normalized spacial score (nSPS) is 16.4. The number of rotatable bonds is 1. The molecule has 2 aliphatic rings. The van der Waals surface area contributed by atoms with Crippen LogP contribution >= 0.6 is 0 Å². The third-order valence-corrected chi connectivity index (χ3v) is 9.83. The Balaban J connectivity index is 1.45. The molecular weight excluding hydrogens is 494 g/mol. The van der Waals surface area contributed by atoms with Crippen molar-refractivity contribution in [2.75, 3.05) is 5.73 Å². The van der Waals surface area contributed by atoms with Crippen molar-refractivity contribution in [3.05, 3.63) is 137 Å². The van der Waals surface area contributed by atoms with Crippen LogP contribution in [0.25, 0.3) is 33.4 Å². The van der Waals surface area contributed by atoms with Gasteiger partial charge in [0.25, 0.3) is 0 Å². The van der Waals surface area contributed by atoms with E-state index >= 15 is 0 Å². The smallest absolute Gasteiger partial charge is 0.0397 e. The second-order valence-corrected chi connectivity index (χ2v) is 13.4. The molecule has 0 radical (unpaired) electrons. The topological polar surface area (TPSA) is 26.0 Å². The van der Waals surface area contributed by atoms with E-state index in [0.29, 0.717) is 0 Å². The van der Waals surface area contributed by atoms with Crippen LogP contribution in [-0.4, -0.2) is 0 Å². The fourth-order valence-corrected chi connectivity index (χ4v) is 7.29. The van der Waals surface area contributed by atoms with Crippen molar-refractivity contribution in [2.24, 2.45) is 0 Å². The van der Waals surface area contributed by atoms with Crippen molar-refractivity contribution in [1.82, 2.24) is 0 Å². The van der Waals surface area contributed by atoms with Crippen molar-refractivity contribution in [3.63, 3.8) is 0 Å². The first-order valence-electron chi connectivity index (χ1n) is 15.0. The van der Waals surface area contributed by atoms with E-state index in [-0.39, 0.29) is 10.8 Å². The van der Waals surface area contributed by atoms with E-state index in [1.807, 2.05) is 0 Å². The summed E-state index contributed by atoms with van der Waals surface area (Å²) in [5.41, 5.74) is 24.0. The number of anilines is 1. The van der Waals surface area contributed by atoms with Gasteiger partial charge in [-0.05, 0) is 110 Å². The van der Waals surface area contributed by atoms with Gasteiger partial charge in [0.05, 0.1) is 0 Å². The van der Waals surface area contributed by atoms with Gasteiger partial charge in [-0.3, -0.25) is 0 Å². The van der Waals surface area contributed by atoms with Gasteiger partial charge in [0.15, 0.2) is 0 Å². The van der Waals surface area contributed by atoms with Gasteiger partial charge in [-0.15, -0.1) is 0 Å². The molecule has 0 bridgehead atoms. The molecule has 2 N–H and O–H groups in total. The third kappa shape index (κ3) is 4.39. The van der Waals surface area contributed by atoms with E-state index in [1.54, 1.807) is 0 Å². The number of hydrogen-bond donors (Lipinski definition) is 1. The van der Waals surface area contributed by atoms with Gasteiger partial charge in [0, 0.05) is 11.3 Å². The average molecular weight is 534 g/mol. The lowest BCUT2D eigenvalue weighted by atomic mass is 9.63. The highest BCUT2D eigenvalue weighted by atomic mass is 14.6. The number of nitrogen functional groups attached to an aromatic ring is 1. The molecule has 0 saturated heterocycles. The predicted octanol–water partition coefficient (Wildman–Crippen LogP) is 10.1. The molecule has 0 amide bonds. The molecule has 41 heavy (non-hydrogen) atoms. The molecule has 0 spiro atoms. The maximum Gasteiger partial charge on any atom is 0.0397 e. The van der Waals surface area contributed by atoms with Gasteiger partial charge in [-0.25, -0.2) is 0 Å². The minimum atomic E-state index is 0.152. The van der Waals surface area contributed by atoms with Crippen LogP contribution in [0.1, 0.15) is 73.9 Å². The Hall–Kier alpha value is -4.10. The first kappa shape index (κ1) is 25.8. The van der Waals surface area contributed by atoms with Crippen LogP contribution < -0.4 is 5.73 Å². The van der Waals surface area contributed by atoms with Gasteiger partial charge in [0.1, 0.15) is 0 Å². The zero-order chi connectivity index (χ0) is 28.4. The molecule has 2 aliphatic carbocycles. The quantitative estimate of drug-likeness (QED) is 0.209. The highest BCUT2D eigenvalue weighted by Gasteiger charge is 2.37. The Labute approximate surface area is 245 Å². The van der Waals surface area contributed by atoms with Crippen molar-refractivity contribution in [2.45, 2.75) is 64.2 Å². The Morgan fingerprint density at radius 1 is 0.463 bits per heavy atom. The Bertz CT molecular complexity index is 1800. The molecule has 0 heterocycles. The molecule has 0 fully saturated rings. The molecule has 0 aliphatic heterocycles. The van der Waals surface area contributed by atoms with Crippen molar-refractivity contribution in [1.29, 1.82) is 0 Å². The van der Waals surface area contributed by atoms with Crippen LogP contribution in [0.3, 0.4) is 0 Å². The van der Waals surface area contributed by atoms with Crippen LogP contribution in [0.15, 0.2) is 103 Å². The molecule has 0 aromatic heterocycles. The standard InChI is InChI=1S/C40H39N/c1-39(2)19-20-40(3,4)37-23-29(17-18-36(37)39)35-25-34-30(24-38(35)41)22-28-13-6-9-15-32(28)31-14-8-5-11-26(31)21-27-12-7-10-16-33(27)34/h5-18,23-25H,19-22,41H2,1-4H3. The van der Waals surface area contributed by atoms with Crippen molar-refractivity contribution >= 4 is 5.69 Å². The molecule has 7 rings (SSSR count). The predicted molar refractivity (Wildman–Crippen MR) is 175 cm³/mol. The highest BCUT2D eigenvalue weighted by Crippen LogP contribution is 2.48. The number of hydrogen-bond acceptors (Lipinski definition) is 1. The van der Waals surface area contributed by atoms with Crippen LogP contribution in [0.2, 0.25) is 0 Å². The number of fused-ring (bicyclic) bond motifs is 7. The molecule has 204 valence electrons. The largest absolute Gasteiger partial charge is 0.398 e. The summed E-state index contributed by atoms with van der Waals surface area (Å²) in [6, 6.07) is 38.4. The molecular formula is C40H39N. The lowest BCUT2D eigenvalue weighted by Gasteiger charge is -2.42. The summed E-state index contributed by atoms with van der Waals surface area (Å²) in [6.45, 7) is 9.57. The fourth-order valence-electron chi connectivity index (χ4n) is 7.29. The summed E-state index contributed by atoms with van der Waals surface area (Å²) < 4.78 is 0. The van der Waals surface area contributed by atoms with E-state index in [1.165, 1.54) is 74.0 Å². The maximum atomic E-state index is 6.95. The van der Waals surface area contributed by atoms with E-state index < -0.39 is 0 Å². The maximum absolute atomic E-state index is 6.95. The van der Waals surface area contributed by atoms with Crippen LogP contribution in [0, 0.1) is 0 Å². The molecule has 1 heteroatoms. The van der Waals surface area contributed by atoms with E-state index in [2.05, 4.69) is 131 Å². The summed E-state index contributed by atoms with van der Waals surface area (Å²) in [5, 5.41) is 0. The molecule has 1 nitrogen and oxygen atoms in total. The first-order valence-corrected chi connectivity index (χ1v) is 15.0. The second-order valence-electron chi connectivity index (χ2n) is 13.4. The Morgan fingerprint density at radius 3 is 1.54 bits per heavy atom. The van der Waals surface area contributed by atoms with Crippen LogP contribution in [0.5, 0.6) is 0 Å². The summed E-state index contributed by atoms with van der Waals surface area (Å²) in [4.78, 5) is 0. The lowest BCUT2D eigenvalue weighted by molar-refractivity contribution is 0.332.